The second kappa shape index (κ2) is 10.6. The van der Waals surface area contributed by atoms with Gasteiger partial charge in [-0.2, -0.15) is 0 Å². The molecule has 0 aromatic carbocycles. The predicted octanol–water partition coefficient (Wildman–Crippen LogP) is 3.24. The molecule has 0 unspecified atom stereocenters. The van der Waals surface area contributed by atoms with Crippen LogP contribution in [-0.4, -0.2) is 72.5 Å². The maximum Gasteiger partial charge on any atom is 0.228 e. The van der Waals surface area contributed by atoms with E-state index in [1.807, 2.05) is 9.80 Å². The monoisotopic (exact) mass is 466 g/mol. The molecule has 4 heterocycles. The van der Waals surface area contributed by atoms with Crippen molar-refractivity contribution < 1.29 is 9.47 Å². The van der Waals surface area contributed by atoms with Crippen LogP contribution in [-0.2, 0) is 9.47 Å². The van der Waals surface area contributed by atoms with Gasteiger partial charge in [0.05, 0.1) is 26.4 Å². The fourth-order valence-electron chi connectivity index (χ4n) is 2.57. The summed E-state index contributed by atoms with van der Waals surface area (Å²) in [5.74, 6) is 1.15. The number of hydrogen-bond donors (Lipinski definition) is 0. The van der Waals surface area contributed by atoms with Crippen molar-refractivity contribution in [3.63, 3.8) is 0 Å². The molecule has 2 aliphatic rings. The highest BCUT2D eigenvalue weighted by Crippen LogP contribution is 2.19. The van der Waals surface area contributed by atoms with Crippen molar-refractivity contribution in [3.8, 4) is 0 Å². The molecule has 0 radical (unpaired) electrons. The van der Waals surface area contributed by atoms with Crippen molar-refractivity contribution in [1.82, 2.24) is 19.9 Å². The molecule has 4 rings (SSSR count). The second-order valence-electron chi connectivity index (χ2n) is 5.83. The van der Waals surface area contributed by atoms with Gasteiger partial charge in [0.25, 0.3) is 0 Å². The standard InChI is InChI=1S/2C8H9Cl2N3O/c2*9-6-5-7(10)12-8(11-6)13-1-3-14-4-2-13/h2*5H,1-4H2. The molecular weight excluding hydrogens is 450 g/mol. The third-order valence-corrected chi connectivity index (χ3v) is 4.67. The largest absolute Gasteiger partial charge is 0.378 e. The molecule has 0 spiro atoms. The van der Waals surface area contributed by atoms with E-state index in [4.69, 9.17) is 55.9 Å². The van der Waals surface area contributed by atoms with Gasteiger partial charge in [-0.05, 0) is 0 Å². The molecule has 12 heteroatoms. The van der Waals surface area contributed by atoms with Crippen LogP contribution in [0.3, 0.4) is 0 Å². The lowest BCUT2D eigenvalue weighted by atomic mass is 10.4. The number of anilines is 2. The van der Waals surface area contributed by atoms with E-state index >= 15 is 0 Å². The van der Waals surface area contributed by atoms with Crippen LogP contribution in [0.15, 0.2) is 12.1 Å². The van der Waals surface area contributed by atoms with E-state index in [-0.39, 0.29) is 0 Å². The topological polar surface area (TPSA) is 76.5 Å². The van der Waals surface area contributed by atoms with Crippen LogP contribution < -0.4 is 9.80 Å². The molecule has 2 aliphatic heterocycles. The zero-order valence-electron chi connectivity index (χ0n) is 14.8. The fraction of sp³-hybridized carbons (Fsp3) is 0.500. The average molecular weight is 468 g/mol. The molecule has 28 heavy (non-hydrogen) atoms. The minimum Gasteiger partial charge on any atom is -0.378 e. The number of rotatable bonds is 2. The Morgan fingerprint density at radius 3 is 1.14 bits per heavy atom. The highest BCUT2D eigenvalue weighted by atomic mass is 35.5. The van der Waals surface area contributed by atoms with Crippen LogP contribution in [0.25, 0.3) is 0 Å². The molecule has 8 nitrogen and oxygen atoms in total. The summed E-state index contributed by atoms with van der Waals surface area (Å²) in [5.41, 5.74) is 0. The Morgan fingerprint density at radius 1 is 0.571 bits per heavy atom. The summed E-state index contributed by atoms with van der Waals surface area (Å²) in [7, 11) is 0. The minimum atomic E-state index is 0.367. The Bertz CT molecular complexity index is 682. The van der Waals surface area contributed by atoms with E-state index in [2.05, 4.69) is 19.9 Å². The van der Waals surface area contributed by atoms with Crippen LogP contribution in [0.4, 0.5) is 11.9 Å². The molecular formula is C16H18Cl4N6O2. The van der Waals surface area contributed by atoms with Gasteiger partial charge >= 0.3 is 0 Å². The molecule has 0 atom stereocenters. The molecule has 2 aromatic heterocycles. The zero-order valence-corrected chi connectivity index (χ0v) is 17.8. The first kappa shape index (κ1) is 21.5. The van der Waals surface area contributed by atoms with Crippen LogP contribution in [0.5, 0.6) is 0 Å². The summed E-state index contributed by atoms with van der Waals surface area (Å²) >= 11 is 23.1. The summed E-state index contributed by atoms with van der Waals surface area (Å²) in [4.78, 5) is 20.4. The van der Waals surface area contributed by atoms with E-state index in [1.54, 1.807) is 0 Å². The van der Waals surface area contributed by atoms with E-state index in [0.29, 0.717) is 58.9 Å². The molecule has 0 amide bonds. The lowest BCUT2D eigenvalue weighted by Gasteiger charge is -2.26. The minimum absolute atomic E-state index is 0.367. The van der Waals surface area contributed by atoms with E-state index in [1.165, 1.54) is 12.1 Å². The third kappa shape index (κ3) is 6.43. The molecule has 0 saturated carbocycles. The van der Waals surface area contributed by atoms with Crippen LogP contribution >= 0.6 is 46.4 Å². The van der Waals surface area contributed by atoms with Gasteiger partial charge in [-0.25, -0.2) is 19.9 Å². The Morgan fingerprint density at radius 2 is 0.857 bits per heavy atom. The molecule has 2 saturated heterocycles. The molecule has 2 fully saturated rings. The van der Waals surface area contributed by atoms with Crippen molar-refractivity contribution in [2.24, 2.45) is 0 Å². The average Bonchev–Trinajstić information content (AvgIpc) is 2.68. The van der Waals surface area contributed by atoms with Crippen molar-refractivity contribution in [3.05, 3.63) is 32.7 Å². The summed E-state index contributed by atoms with van der Waals surface area (Å²) < 4.78 is 10.4. The number of nitrogens with zero attached hydrogens (tertiary/aromatic N) is 6. The number of ether oxygens (including phenoxy) is 2. The van der Waals surface area contributed by atoms with Gasteiger partial charge < -0.3 is 19.3 Å². The highest BCUT2D eigenvalue weighted by molar-refractivity contribution is 6.33. The van der Waals surface area contributed by atoms with Gasteiger partial charge in [-0.3, -0.25) is 0 Å². The summed E-state index contributed by atoms with van der Waals surface area (Å²) in [5, 5.41) is 1.47. The summed E-state index contributed by atoms with van der Waals surface area (Å²) in [6, 6.07) is 3.04. The molecule has 152 valence electrons. The zero-order chi connectivity index (χ0) is 19.9. The third-order valence-electron chi connectivity index (χ3n) is 3.89. The quantitative estimate of drug-likeness (QED) is 0.623. The normalized spacial score (nSPS) is 17.1. The van der Waals surface area contributed by atoms with Crippen molar-refractivity contribution in [2.45, 2.75) is 0 Å². The molecule has 0 aliphatic carbocycles. The number of morpholine rings is 2. The highest BCUT2D eigenvalue weighted by Gasteiger charge is 2.15. The lowest BCUT2D eigenvalue weighted by Crippen LogP contribution is -2.37. The number of aromatic nitrogens is 4. The van der Waals surface area contributed by atoms with E-state index in [9.17, 15) is 0 Å². The maximum atomic E-state index is 5.78. The Hall–Kier alpha value is -1.16. The number of halogens is 4. The Balaban J connectivity index is 0.000000161. The van der Waals surface area contributed by atoms with Gasteiger partial charge in [-0.15, -0.1) is 0 Å². The Kier molecular flexibility index (Phi) is 8.13. The smallest absolute Gasteiger partial charge is 0.228 e. The molecule has 2 aromatic rings. The van der Waals surface area contributed by atoms with Gasteiger partial charge in [0.2, 0.25) is 11.9 Å². The molecule has 0 N–H and O–H groups in total. The van der Waals surface area contributed by atoms with Crippen LogP contribution in [0.2, 0.25) is 20.6 Å². The van der Waals surface area contributed by atoms with Crippen LogP contribution in [0.1, 0.15) is 0 Å². The Labute approximate surface area is 182 Å². The first-order valence-corrected chi connectivity index (χ1v) is 10.1. The van der Waals surface area contributed by atoms with Crippen molar-refractivity contribution >= 4 is 58.3 Å². The van der Waals surface area contributed by atoms with Gasteiger partial charge in [0, 0.05) is 38.3 Å². The van der Waals surface area contributed by atoms with Gasteiger partial charge in [0.1, 0.15) is 20.6 Å². The summed E-state index contributed by atoms with van der Waals surface area (Å²) in [6.07, 6.45) is 0. The predicted molar refractivity (Wildman–Crippen MR) is 110 cm³/mol. The van der Waals surface area contributed by atoms with Crippen LogP contribution in [0, 0.1) is 0 Å². The molecule has 0 bridgehead atoms. The lowest BCUT2D eigenvalue weighted by molar-refractivity contribution is 0.122. The van der Waals surface area contributed by atoms with Gasteiger partial charge in [-0.1, -0.05) is 46.4 Å². The van der Waals surface area contributed by atoms with Crippen molar-refractivity contribution in [2.75, 3.05) is 62.4 Å². The first-order chi connectivity index (χ1) is 13.5. The van der Waals surface area contributed by atoms with E-state index in [0.717, 1.165) is 26.2 Å². The van der Waals surface area contributed by atoms with E-state index < -0.39 is 0 Å². The number of hydrogen-bond acceptors (Lipinski definition) is 8. The second-order valence-corrected chi connectivity index (χ2v) is 7.37. The summed E-state index contributed by atoms with van der Waals surface area (Å²) in [6.45, 7) is 5.85. The first-order valence-electron chi connectivity index (χ1n) is 8.57. The maximum absolute atomic E-state index is 5.78. The van der Waals surface area contributed by atoms with Gasteiger partial charge in [0.15, 0.2) is 0 Å². The van der Waals surface area contributed by atoms with Crippen molar-refractivity contribution in [1.29, 1.82) is 0 Å². The SMILES string of the molecule is Clc1cc(Cl)nc(N2CCOCC2)n1.Clc1cc(Cl)nc(N2CCOCC2)n1. The fourth-order valence-corrected chi connectivity index (χ4v) is 3.39.